The predicted molar refractivity (Wildman–Crippen MR) is 52.1 cm³/mol. The van der Waals surface area contributed by atoms with Gasteiger partial charge >= 0.3 is 0 Å². The van der Waals surface area contributed by atoms with Gasteiger partial charge in [0.25, 0.3) is 0 Å². The summed E-state index contributed by atoms with van der Waals surface area (Å²) in [5.41, 5.74) is 0.719. The van der Waals surface area contributed by atoms with Gasteiger partial charge in [0.05, 0.1) is 6.61 Å². The Labute approximate surface area is 80.2 Å². The summed E-state index contributed by atoms with van der Waals surface area (Å²) < 4.78 is 0. The van der Waals surface area contributed by atoms with E-state index in [-0.39, 0.29) is 5.54 Å². The molecular formula is C10H20N2O. The van der Waals surface area contributed by atoms with Gasteiger partial charge in [0, 0.05) is 12.1 Å². The number of fused-ring (bicyclic) bond motifs is 1. The molecule has 76 valence electrons. The molecule has 2 saturated heterocycles. The molecule has 1 unspecified atom stereocenters. The Balaban J connectivity index is 2.15. The van der Waals surface area contributed by atoms with Gasteiger partial charge in [-0.25, -0.2) is 5.90 Å². The molecule has 3 heteroatoms. The first-order valence-electron chi connectivity index (χ1n) is 5.15. The Hall–Kier alpha value is -0.120. The van der Waals surface area contributed by atoms with Crippen LogP contribution in [0.15, 0.2) is 0 Å². The molecule has 13 heavy (non-hydrogen) atoms. The standard InChI is InChI=1S/C10H20N2O/c1-9(2)6-10(8-13-11)4-3-5-12(10)7-9/h3-8,11H2,1-2H3. The normalized spacial score (nSPS) is 38.1. The lowest BCUT2D eigenvalue weighted by atomic mass is 9.83. The van der Waals surface area contributed by atoms with E-state index in [2.05, 4.69) is 18.7 Å². The summed E-state index contributed by atoms with van der Waals surface area (Å²) in [5, 5.41) is 0. The zero-order valence-electron chi connectivity index (χ0n) is 8.68. The molecule has 3 nitrogen and oxygen atoms in total. The van der Waals surface area contributed by atoms with E-state index in [9.17, 15) is 0 Å². The average molecular weight is 184 g/mol. The molecule has 0 aromatic rings. The highest BCUT2D eigenvalue weighted by Gasteiger charge is 2.51. The highest BCUT2D eigenvalue weighted by atomic mass is 16.6. The van der Waals surface area contributed by atoms with Crippen molar-refractivity contribution >= 4 is 0 Å². The Morgan fingerprint density at radius 2 is 2.23 bits per heavy atom. The zero-order valence-corrected chi connectivity index (χ0v) is 8.68. The lowest BCUT2D eigenvalue weighted by Gasteiger charge is -2.30. The predicted octanol–water partition coefficient (Wildman–Crippen LogP) is 1.14. The average Bonchev–Trinajstić information content (AvgIpc) is 2.40. The van der Waals surface area contributed by atoms with Crippen molar-refractivity contribution in [3.05, 3.63) is 0 Å². The van der Waals surface area contributed by atoms with E-state index in [1.165, 1.54) is 32.4 Å². The number of rotatable bonds is 2. The summed E-state index contributed by atoms with van der Waals surface area (Å²) in [4.78, 5) is 7.45. The molecule has 1 atom stereocenters. The Kier molecular flexibility index (Phi) is 2.13. The van der Waals surface area contributed by atoms with Gasteiger partial charge in [-0.05, 0) is 31.2 Å². The topological polar surface area (TPSA) is 38.5 Å². The van der Waals surface area contributed by atoms with Crippen molar-refractivity contribution in [1.82, 2.24) is 4.90 Å². The molecule has 0 spiro atoms. The second-order valence-electron chi connectivity index (χ2n) is 5.40. The molecular weight excluding hydrogens is 164 g/mol. The SMILES string of the molecule is CC1(C)CN2CCCC2(CON)C1. The molecule has 0 aromatic heterocycles. The zero-order chi connectivity index (χ0) is 9.53. The summed E-state index contributed by atoms with van der Waals surface area (Å²) in [6, 6.07) is 0. The highest BCUT2D eigenvalue weighted by Crippen LogP contribution is 2.47. The maximum atomic E-state index is 5.22. The molecule has 0 aliphatic carbocycles. The van der Waals surface area contributed by atoms with Crippen LogP contribution in [-0.4, -0.2) is 30.1 Å². The molecule has 2 heterocycles. The van der Waals surface area contributed by atoms with Gasteiger partial charge in [-0.3, -0.25) is 4.90 Å². The van der Waals surface area contributed by atoms with Crippen molar-refractivity contribution in [2.24, 2.45) is 11.3 Å². The van der Waals surface area contributed by atoms with Crippen LogP contribution < -0.4 is 5.90 Å². The van der Waals surface area contributed by atoms with Crippen LogP contribution in [0.3, 0.4) is 0 Å². The van der Waals surface area contributed by atoms with Gasteiger partial charge in [-0.15, -0.1) is 0 Å². The Morgan fingerprint density at radius 3 is 2.92 bits per heavy atom. The molecule has 0 aromatic carbocycles. The van der Waals surface area contributed by atoms with Crippen LogP contribution in [0.1, 0.15) is 33.1 Å². The third-order valence-corrected chi connectivity index (χ3v) is 3.52. The third-order valence-electron chi connectivity index (χ3n) is 3.52. The van der Waals surface area contributed by atoms with Crippen LogP contribution in [0.4, 0.5) is 0 Å². The van der Waals surface area contributed by atoms with Crippen molar-refractivity contribution in [3.63, 3.8) is 0 Å². The van der Waals surface area contributed by atoms with Crippen LogP contribution in [0.25, 0.3) is 0 Å². The largest absolute Gasteiger partial charge is 0.303 e. The van der Waals surface area contributed by atoms with Crippen LogP contribution >= 0.6 is 0 Å². The maximum absolute atomic E-state index is 5.22. The molecule has 0 saturated carbocycles. The van der Waals surface area contributed by atoms with Crippen molar-refractivity contribution < 1.29 is 4.84 Å². The van der Waals surface area contributed by atoms with E-state index in [0.717, 1.165) is 0 Å². The fourth-order valence-electron chi connectivity index (χ4n) is 3.27. The molecule has 2 rings (SSSR count). The van der Waals surface area contributed by atoms with Crippen LogP contribution in [0, 0.1) is 5.41 Å². The van der Waals surface area contributed by atoms with Gasteiger partial charge in [0.2, 0.25) is 0 Å². The molecule has 2 N–H and O–H groups in total. The van der Waals surface area contributed by atoms with Gasteiger partial charge in [-0.1, -0.05) is 13.8 Å². The van der Waals surface area contributed by atoms with Crippen molar-refractivity contribution in [2.45, 2.75) is 38.6 Å². The molecule has 0 radical (unpaired) electrons. The number of hydrogen-bond donors (Lipinski definition) is 1. The van der Waals surface area contributed by atoms with Gasteiger partial charge in [0.15, 0.2) is 0 Å². The minimum atomic E-state index is 0.276. The van der Waals surface area contributed by atoms with E-state index in [0.29, 0.717) is 12.0 Å². The van der Waals surface area contributed by atoms with Crippen LogP contribution in [0.2, 0.25) is 0 Å². The maximum Gasteiger partial charge on any atom is 0.0863 e. The first kappa shape index (κ1) is 9.44. The summed E-state index contributed by atoms with van der Waals surface area (Å²) in [6.45, 7) is 7.81. The fourth-order valence-corrected chi connectivity index (χ4v) is 3.27. The van der Waals surface area contributed by atoms with Crippen LogP contribution in [-0.2, 0) is 4.84 Å². The molecule has 2 fully saturated rings. The minimum Gasteiger partial charge on any atom is -0.303 e. The van der Waals surface area contributed by atoms with Gasteiger partial charge in [0.1, 0.15) is 0 Å². The van der Waals surface area contributed by atoms with Crippen molar-refractivity contribution in [2.75, 3.05) is 19.7 Å². The van der Waals surface area contributed by atoms with Gasteiger partial charge < -0.3 is 4.84 Å². The second-order valence-corrected chi connectivity index (χ2v) is 5.40. The Bertz CT molecular complexity index is 205. The third kappa shape index (κ3) is 1.49. The van der Waals surface area contributed by atoms with E-state index >= 15 is 0 Å². The lowest BCUT2D eigenvalue weighted by molar-refractivity contribution is 0.0346. The molecule has 2 aliphatic rings. The second kappa shape index (κ2) is 2.94. The summed E-state index contributed by atoms with van der Waals surface area (Å²) in [5.74, 6) is 5.22. The fraction of sp³-hybridized carbons (Fsp3) is 1.00. The minimum absolute atomic E-state index is 0.276. The number of nitrogens with zero attached hydrogens (tertiary/aromatic N) is 1. The number of hydrogen-bond acceptors (Lipinski definition) is 3. The van der Waals surface area contributed by atoms with E-state index in [1.807, 2.05) is 0 Å². The smallest absolute Gasteiger partial charge is 0.0863 e. The van der Waals surface area contributed by atoms with E-state index in [4.69, 9.17) is 10.7 Å². The summed E-state index contributed by atoms with van der Waals surface area (Å²) >= 11 is 0. The molecule has 0 amide bonds. The summed E-state index contributed by atoms with van der Waals surface area (Å²) in [6.07, 6.45) is 3.80. The summed E-state index contributed by atoms with van der Waals surface area (Å²) in [7, 11) is 0. The van der Waals surface area contributed by atoms with E-state index < -0.39 is 0 Å². The monoisotopic (exact) mass is 184 g/mol. The highest BCUT2D eigenvalue weighted by molar-refractivity contribution is 5.06. The van der Waals surface area contributed by atoms with Crippen molar-refractivity contribution in [3.8, 4) is 0 Å². The number of nitrogens with two attached hydrogens (primary N) is 1. The lowest BCUT2D eigenvalue weighted by Crippen LogP contribution is -2.43. The molecule has 2 aliphatic heterocycles. The quantitative estimate of drug-likeness (QED) is 0.654. The first-order chi connectivity index (χ1) is 6.08. The van der Waals surface area contributed by atoms with E-state index in [1.54, 1.807) is 0 Å². The van der Waals surface area contributed by atoms with Crippen LogP contribution in [0.5, 0.6) is 0 Å². The Morgan fingerprint density at radius 1 is 1.46 bits per heavy atom. The first-order valence-corrected chi connectivity index (χ1v) is 5.15. The van der Waals surface area contributed by atoms with Gasteiger partial charge in [-0.2, -0.15) is 0 Å². The molecule has 0 bridgehead atoms. The van der Waals surface area contributed by atoms with Crippen molar-refractivity contribution in [1.29, 1.82) is 0 Å².